The largest absolute Gasteiger partial charge is 0.312 e. The highest BCUT2D eigenvalue weighted by atomic mass is 35.5. The number of nitrogens with zero attached hydrogens (tertiary/aromatic N) is 2. The van der Waals surface area contributed by atoms with Gasteiger partial charge < -0.3 is 10.2 Å². The lowest BCUT2D eigenvalue weighted by Gasteiger charge is -2.19. The molecule has 0 spiro atoms. The van der Waals surface area contributed by atoms with Gasteiger partial charge in [0.05, 0.1) is 11.3 Å². The predicted molar refractivity (Wildman–Crippen MR) is 90.0 cm³/mol. The number of aromatic nitrogens is 1. The first-order valence-corrected chi connectivity index (χ1v) is 7.76. The molecule has 0 unspecified atom stereocenters. The van der Waals surface area contributed by atoms with Crippen molar-refractivity contribution in [2.45, 2.75) is 19.8 Å². The van der Waals surface area contributed by atoms with Crippen molar-refractivity contribution in [3.8, 4) is 0 Å². The first kappa shape index (κ1) is 15.5. The number of hydrogen-bond donors (Lipinski definition) is 1. The minimum Gasteiger partial charge on any atom is -0.312 e. The van der Waals surface area contributed by atoms with Crippen molar-refractivity contribution in [3.05, 3.63) is 52.7 Å². The minimum atomic E-state index is -0.312. The van der Waals surface area contributed by atoms with Gasteiger partial charge in [0.1, 0.15) is 5.82 Å². The van der Waals surface area contributed by atoms with Crippen LogP contribution in [0.25, 0.3) is 0 Å². The number of rotatable bonds is 3. The van der Waals surface area contributed by atoms with E-state index in [0.29, 0.717) is 35.1 Å². The van der Waals surface area contributed by atoms with Gasteiger partial charge in [-0.3, -0.25) is 9.59 Å². The Hall–Kier alpha value is -2.40. The number of amides is 2. The normalized spacial score (nSPS) is 14.2. The van der Waals surface area contributed by atoms with Crippen molar-refractivity contribution in [1.82, 2.24) is 4.98 Å². The van der Waals surface area contributed by atoms with Crippen molar-refractivity contribution in [2.24, 2.45) is 0 Å². The third-order valence-corrected chi connectivity index (χ3v) is 3.96. The Morgan fingerprint density at radius 3 is 2.78 bits per heavy atom. The Morgan fingerprint density at radius 1 is 1.30 bits per heavy atom. The fraction of sp³-hybridized carbons (Fsp3) is 0.235. The molecule has 1 fully saturated rings. The first-order valence-electron chi connectivity index (χ1n) is 7.38. The van der Waals surface area contributed by atoms with Crippen LogP contribution >= 0.6 is 11.6 Å². The average Bonchev–Trinajstić information content (AvgIpc) is 2.95. The van der Waals surface area contributed by atoms with Gasteiger partial charge in [-0.05, 0) is 43.2 Å². The van der Waals surface area contributed by atoms with Crippen molar-refractivity contribution in [1.29, 1.82) is 0 Å². The Labute approximate surface area is 139 Å². The summed E-state index contributed by atoms with van der Waals surface area (Å²) in [6.45, 7) is 2.52. The van der Waals surface area contributed by atoms with Crippen molar-refractivity contribution in [3.63, 3.8) is 0 Å². The molecule has 2 heterocycles. The summed E-state index contributed by atoms with van der Waals surface area (Å²) in [6.07, 6.45) is 2.96. The van der Waals surface area contributed by atoms with Crippen LogP contribution in [0.5, 0.6) is 0 Å². The maximum atomic E-state index is 12.6. The van der Waals surface area contributed by atoms with Crippen LogP contribution in [0.4, 0.5) is 11.5 Å². The van der Waals surface area contributed by atoms with E-state index >= 15 is 0 Å². The molecule has 118 valence electrons. The summed E-state index contributed by atoms with van der Waals surface area (Å²) in [6, 6.07) is 8.54. The first-order chi connectivity index (χ1) is 11.0. The minimum absolute atomic E-state index is 0.00905. The van der Waals surface area contributed by atoms with Gasteiger partial charge in [-0.2, -0.15) is 0 Å². The van der Waals surface area contributed by atoms with Gasteiger partial charge in [0.2, 0.25) is 5.91 Å². The number of hydrogen-bond acceptors (Lipinski definition) is 3. The standard InChI is InChI=1S/C17H16ClN3O2/c1-11-4-7-15(19-10-11)20-17(23)13-6-5-12(18)9-14(13)21-8-2-3-16(21)22/h4-7,9-10H,2-3,8H2,1H3,(H,19,20,23). The average molecular weight is 330 g/mol. The fourth-order valence-corrected chi connectivity index (χ4v) is 2.71. The zero-order valence-electron chi connectivity index (χ0n) is 12.7. The van der Waals surface area contributed by atoms with Gasteiger partial charge in [0, 0.05) is 24.2 Å². The molecule has 1 saturated heterocycles. The Balaban J connectivity index is 1.90. The van der Waals surface area contributed by atoms with Crippen LogP contribution in [0.1, 0.15) is 28.8 Å². The number of pyridine rings is 1. The lowest BCUT2D eigenvalue weighted by atomic mass is 10.1. The zero-order valence-corrected chi connectivity index (χ0v) is 13.4. The Morgan fingerprint density at radius 2 is 2.13 bits per heavy atom. The maximum absolute atomic E-state index is 12.6. The predicted octanol–water partition coefficient (Wildman–Crippen LogP) is 3.42. The molecule has 0 saturated carbocycles. The molecule has 3 rings (SSSR count). The smallest absolute Gasteiger partial charge is 0.258 e. The number of benzene rings is 1. The molecule has 6 heteroatoms. The second-order valence-electron chi connectivity index (χ2n) is 5.49. The molecule has 1 aliphatic heterocycles. The van der Waals surface area contributed by atoms with Gasteiger partial charge in [-0.15, -0.1) is 0 Å². The number of carbonyl (C=O) groups excluding carboxylic acids is 2. The summed E-state index contributed by atoms with van der Waals surface area (Å²) in [7, 11) is 0. The van der Waals surface area contributed by atoms with E-state index in [2.05, 4.69) is 10.3 Å². The molecule has 1 aromatic carbocycles. The van der Waals surface area contributed by atoms with Crippen molar-refractivity contribution in [2.75, 3.05) is 16.8 Å². The molecule has 0 radical (unpaired) electrons. The number of carbonyl (C=O) groups is 2. The van der Waals surface area contributed by atoms with E-state index in [1.165, 1.54) is 0 Å². The van der Waals surface area contributed by atoms with Gasteiger partial charge in [-0.25, -0.2) is 4.98 Å². The van der Waals surface area contributed by atoms with Crippen LogP contribution in [0.3, 0.4) is 0 Å². The summed E-state index contributed by atoms with van der Waals surface area (Å²) in [5.74, 6) is 0.164. The van der Waals surface area contributed by atoms with Crippen LogP contribution in [0, 0.1) is 6.92 Å². The topological polar surface area (TPSA) is 62.3 Å². The zero-order chi connectivity index (χ0) is 16.4. The van der Waals surface area contributed by atoms with Crippen LogP contribution in [-0.4, -0.2) is 23.3 Å². The van der Waals surface area contributed by atoms with E-state index in [4.69, 9.17) is 11.6 Å². The van der Waals surface area contributed by atoms with Crippen molar-refractivity contribution >= 4 is 34.9 Å². The molecule has 1 aliphatic rings. The maximum Gasteiger partial charge on any atom is 0.258 e. The lowest BCUT2D eigenvalue weighted by molar-refractivity contribution is -0.117. The molecule has 23 heavy (non-hydrogen) atoms. The highest BCUT2D eigenvalue weighted by molar-refractivity contribution is 6.31. The Kier molecular flexibility index (Phi) is 4.30. The van der Waals surface area contributed by atoms with Crippen LogP contribution in [0.15, 0.2) is 36.5 Å². The van der Waals surface area contributed by atoms with Crippen LogP contribution in [-0.2, 0) is 4.79 Å². The van der Waals surface area contributed by atoms with Gasteiger partial charge in [0.15, 0.2) is 0 Å². The molecular weight excluding hydrogens is 314 g/mol. The molecule has 2 aromatic rings. The second-order valence-corrected chi connectivity index (χ2v) is 5.92. The highest BCUT2D eigenvalue weighted by Crippen LogP contribution is 2.29. The Bertz CT molecular complexity index is 759. The third-order valence-electron chi connectivity index (χ3n) is 3.72. The summed E-state index contributed by atoms with van der Waals surface area (Å²) in [5, 5.41) is 3.24. The molecule has 0 bridgehead atoms. The second kappa shape index (κ2) is 6.38. The van der Waals surface area contributed by atoms with E-state index in [-0.39, 0.29) is 11.8 Å². The quantitative estimate of drug-likeness (QED) is 0.938. The number of anilines is 2. The van der Waals surface area contributed by atoms with Gasteiger partial charge in [-0.1, -0.05) is 17.7 Å². The lowest BCUT2D eigenvalue weighted by Crippen LogP contribution is -2.27. The molecule has 2 amide bonds. The summed E-state index contributed by atoms with van der Waals surface area (Å²) >= 11 is 6.04. The van der Waals surface area contributed by atoms with Crippen LogP contribution in [0.2, 0.25) is 5.02 Å². The highest BCUT2D eigenvalue weighted by Gasteiger charge is 2.26. The van der Waals surface area contributed by atoms with E-state index in [9.17, 15) is 9.59 Å². The molecule has 1 aromatic heterocycles. The van der Waals surface area contributed by atoms with Crippen LogP contribution < -0.4 is 10.2 Å². The summed E-state index contributed by atoms with van der Waals surface area (Å²) in [4.78, 5) is 30.3. The van der Waals surface area contributed by atoms with E-state index in [1.54, 1.807) is 35.4 Å². The number of nitrogens with one attached hydrogen (secondary N) is 1. The summed E-state index contributed by atoms with van der Waals surface area (Å²) < 4.78 is 0. The van der Waals surface area contributed by atoms with E-state index in [0.717, 1.165) is 12.0 Å². The number of aryl methyl sites for hydroxylation is 1. The molecule has 1 N–H and O–H groups in total. The number of halogens is 1. The SMILES string of the molecule is Cc1ccc(NC(=O)c2ccc(Cl)cc2N2CCCC2=O)nc1. The third kappa shape index (κ3) is 3.35. The molecule has 0 aliphatic carbocycles. The van der Waals surface area contributed by atoms with E-state index < -0.39 is 0 Å². The van der Waals surface area contributed by atoms with Gasteiger partial charge in [0.25, 0.3) is 5.91 Å². The molecule has 0 atom stereocenters. The van der Waals surface area contributed by atoms with Crippen molar-refractivity contribution < 1.29 is 9.59 Å². The monoisotopic (exact) mass is 329 g/mol. The van der Waals surface area contributed by atoms with Gasteiger partial charge >= 0.3 is 0 Å². The fourth-order valence-electron chi connectivity index (χ4n) is 2.55. The summed E-state index contributed by atoms with van der Waals surface area (Å²) in [5.41, 5.74) is 1.97. The van der Waals surface area contributed by atoms with E-state index in [1.807, 2.05) is 13.0 Å². The molecular formula is C17H16ClN3O2. The molecule has 5 nitrogen and oxygen atoms in total.